The molecule has 0 unspecified atom stereocenters. The van der Waals surface area contributed by atoms with Crippen LogP contribution in [0.5, 0.6) is 5.75 Å². The van der Waals surface area contributed by atoms with E-state index in [2.05, 4.69) is 9.72 Å². The molecule has 0 bridgehead atoms. The first-order chi connectivity index (χ1) is 13.3. The second kappa shape index (κ2) is 7.13. The smallest absolute Gasteiger partial charge is 0.406 e. The highest BCUT2D eigenvalue weighted by atomic mass is 35.5. The molecule has 0 N–H and O–H groups in total. The Labute approximate surface area is 163 Å². The van der Waals surface area contributed by atoms with Crippen LogP contribution < -0.4 is 10.3 Å². The molecule has 1 saturated carbocycles. The van der Waals surface area contributed by atoms with E-state index in [9.17, 15) is 18.0 Å². The lowest BCUT2D eigenvalue weighted by Crippen LogP contribution is -2.22. The van der Waals surface area contributed by atoms with Crippen LogP contribution in [0.3, 0.4) is 0 Å². The van der Waals surface area contributed by atoms with Gasteiger partial charge in [-0.1, -0.05) is 17.7 Å². The van der Waals surface area contributed by atoms with Crippen LogP contribution in [0.2, 0.25) is 5.02 Å². The van der Waals surface area contributed by atoms with E-state index >= 15 is 0 Å². The second-order valence-corrected chi connectivity index (χ2v) is 7.40. The lowest BCUT2D eigenvalue weighted by molar-refractivity contribution is -0.274. The minimum absolute atomic E-state index is 0.0648. The predicted octanol–water partition coefficient (Wildman–Crippen LogP) is 4.95. The fraction of sp³-hybridized carbons (Fsp3) is 0.300. The molecular formula is C20H16ClF3N2O2. The number of hydrogen-bond acceptors (Lipinski definition) is 3. The maximum Gasteiger partial charge on any atom is 0.573 e. The van der Waals surface area contributed by atoms with Crippen molar-refractivity contribution in [1.29, 1.82) is 0 Å². The molecule has 0 saturated heterocycles. The number of rotatable bonds is 5. The first-order valence-corrected chi connectivity index (χ1v) is 9.18. The van der Waals surface area contributed by atoms with Crippen molar-refractivity contribution in [2.75, 3.05) is 0 Å². The van der Waals surface area contributed by atoms with Crippen LogP contribution in [-0.4, -0.2) is 15.9 Å². The van der Waals surface area contributed by atoms with E-state index in [4.69, 9.17) is 11.6 Å². The van der Waals surface area contributed by atoms with Gasteiger partial charge in [0.25, 0.3) is 5.56 Å². The lowest BCUT2D eigenvalue weighted by atomic mass is 10.0. The topological polar surface area (TPSA) is 44.1 Å². The summed E-state index contributed by atoms with van der Waals surface area (Å²) >= 11 is 6.13. The number of ether oxygens (including phenoxy) is 1. The van der Waals surface area contributed by atoms with Crippen molar-refractivity contribution in [3.8, 4) is 5.75 Å². The molecule has 0 amide bonds. The Morgan fingerprint density at radius 3 is 2.64 bits per heavy atom. The van der Waals surface area contributed by atoms with E-state index in [1.54, 1.807) is 0 Å². The molecule has 1 fully saturated rings. The first-order valence-electron chi connectivity index (χ1n) is 8.81. The summed E-state index contributed by atoms with van der Waals surface area (Å²) in [6.45, 7) is 0.245. The second-order valence-electron chi connectivity index (χ2n) is 6.96. The Kier molecular flexibility index (Phi) is 4.79. The standard InChI is InChI=1S/C20H16ClF3N2O2/c21-15-4-3-13(7-12-1-2-12)14(8-15)10-26-11-25-18-6-5-16(28-20(22,23)24)9-17(18)19(26)27/h3-6,8-9,11-12H,1-2,7,10H2. The Hall–Kier alpha value is -2.54. The SMILES string of the molecule is O=c1c2cc(OC(F)(F)F)ccc2ncn1Cc1cc(Cl)ccc1CC1CC1. The third-order valence-electron chi connectivity index (χ3n) is 4.74. The first kappa shape index (κ1) is 18.8. The average Bonchev–Trinajstić information content (AvgIpc) is 3.43. The van der Waals surface area contributed by atoms with Crippen molar-refractivity contribution >= 4 is 22.5 Å². The van der Waals surface area contributed by atoms with E-state index < -0.39 is 17.7 Å². The van der Waals surface area contributed by atoms with Gasteiger partial charge >= 0.3 is 6.36 Å². The number of halogens is 4. The molecule has 0 spiro atoms. The third kappa shape index (κ3) is 4.30. The minimum atomic E-state index is -4.83. The molecule has 4 nitrogen and oxygen atoms in total. The van der Waals surface area contributed by atoms with Crippen molar-refractivity contribution in [2.24, 2.45) is 5.92 Å². The maximum absolute atomic E-state index is 12.8. The summed E-state index contributed by atoms with van der Waals surface area (Å²) in [7, 11) is 0. The predicted molar refractivity (Wildman–Crippen MR) is 99.7 cm³/mol. The highest BCUT2D eigenvalue weighted by Crippen LogP contribution is 2.34. The van der Waals surface area contributed by atoms with Gasteiger partial charge in [-0.15, -0.1) is 13.2 Å². The van der Waals surface area contributed by atoms with Crippen LogP contribution in [0.4, 0.5) is 13.2 Å². The molecule has 1 aliphatic carbocycles. The summed E-state index contributed by atoms with van der Waals surface area (Å²) in [6, 6.07) is 9.14. The largest absolute Gasteiger partial charge is 0.573 e. The normalized spacial score (nSPS) is 14.4. The summed E-state index contributed by atoms with van der Waals surface area (Å²) in [6.07, 6.45) is -0.112. The monoisotopic (exact) mass is 408 g/mol. The Bertz CT molecular complexity index is 1090. The highest BCUT2D eigenvalue weighted by molar-refractivity contribution is 6.30. The maximum atomic E-state index is 12.8. The van der Waals surface area contributed by atoms with Gasteiger partial charge in [0.05, 0.1) is 23.8 Å². The van der Waals surface area contributed by atoms with Crippen LogP contribution in [0, 0.1) is 5.92 Å². The quantitative estimate of drug-likeness (QED) is 0.600. The number of alkyl halides is 3. The van der Waals surface area contributed by atoms with E-state index in [0.717, 1.165) is 29.7 Å². The Morgan fingerprint density at radius 1 is 1.14 bits per heavy atom. The van der Waals surface area contributed by atoms with Gasteiger partial charge in [0.15, 0.2) is 0 Å². The van der Waals surface area contributed by atoms with E-state index in [1.807, 2.05) is 18.2 Å². The van der Waals surface area contributed by atoms with Gasteiger partial charge in [-0.3, -0.25) is 9.36 Å². The summed E-state index contributed by atoms with van der Waals surface area (Å²) < 4.78 is 42.7. The molecule has 3 aromatic rings. The van der Waals surface area contributed by atoms with Crippen LogP contribution in [0.15, 0.2) is 47.5 Å². The van der Waals surface area contributed by atoms with Gasteiger partial charge in [-0.25, -0.2) is 4.98 Å². The van der Waals surface area contributed by atoms with Gasteiger partial charge in [-0.2, -0.15) is 0 Å². The average molecular weight is 409 g/mol. The van der Waals surface area contributed by atoms with Gasteiger partial charge in [0, 0.05) is 5.02 Å². The molecule has 8 heteroatoms. The number of hydrogen-bond donors (Lipinski definition) is 0. The number of benzene rings is 2. The summed E-state index contributed by atoms with van der Waals surface area (Å²) in [5.41, 5.74) is 1.90. The van der Waals surface area contributed by atoms with Crippen molar-refractivity contribution in [1.82, 2.24) is 9.55 Å². The molecule has 1 aromatic heterocycles. The van der Waals surface area contributed by atoms with Gasteiger partial charge in [0.2, 0.25) is 0 Å². The van der Waals surface area contributed by atoms with Crippen molar-refractivity contribution < 1.29 is 17.9 Å². The molecule has 28 heavy (non-hydrogen) atoms. The summed E-state index contributed by atoms with van der Waals surface area (Å²) in [5.74, 6) is 0.210. The van der Waals surface area contributed by atoms with Crippen LogP contribution in [0.25, 0.3) is 10.9 Å². The fourth-order valence-electron chi connectivity index (χ4n) is 3.21. The summed E-state index contributed by atoms with van der Waals surface area (Å²) in [5, 5.41) is 0.632. The van der Waals surface area contributed by atoms with Gasteiger partial charge in [0.1, 0.15) is 5.75 Å². The van der Waals surface area contributed by atoms with Gasteiger partial charge in [-0.05, 0) is 66.6 Å². The number of fused-ring (bicyclic) bond motifs is 1. The number of aromatic nitrogens is 2. The van der Waals surface area contributed by atoms with Crippen molar-refractivity contribution in [3.05, 3.63) is 69.2 Å². The number of nitrogens with zero attached hydrogens (tertiary/aromatic N) is 2. The van der Waals surface area contributed by atoms with Crippen molar-refractivity contribution in [3.63, 3.8) is 0 Å². The lowest BCUT2D eigenvalue weighted by Gasteiger charge is -2.13. The van der Waals surface area contributed by atoms with Crippen LogP contribution in [-0.2, 0) is 13.0 Å². The van der Waals surface area contributed by atoms with E-state index in [-0.39, 0.29) is 11.9 Å². The van der Waals surface area contributed by atoms with Crippen molar-refractivity contribution in [2.45, 2.75) is 32.2 Å². The molecule has 1 aliphatic rings. The molecule has 0 atom stereocenters. The van der Waals surface area contributed by atoms with Crippen LogP contribution in [0.1, 0.15) is 24.0 Å². The molecule has 146 valence electrons. The highest BCUT2D eigenvalue weighted by Gasteiger charge is 2.31. The molecular weight excluding hydrogens is 393 g/mol. The molecule has 0 aliphatic heterocycles. The third-order valence-corrected chi connectivity index (χ3v) is 4.98. The zero-order chi connectivity index (χ0) is 19.9. The Morgan fingerprint density at radius 2 is 1.93 bits per heavy atom. The minimum Gasteiger partial charge on any atom is -0.406 e. The zero-order valence-electron chi connectivity index (χ0n) is 14.7. The molecule has 0 radical (unpaired) electrons. The molecule has 2 aromatic carbocycles. The zero-order valence-corrected chi connectivity index (χ0v) is 15.4. The summed E-state index contributed by atoms with van der Waals surface area (Å²) in [4.78, 5) is 17.0. The van der Waals surface area contributed by atoms with E-state index in [1.165, 1.54) is 29.8 Å². The van der Waals surface area contributed by atoms with Gasteiger partial charge < -0.3 is 4.74 Å². The van der Waals surface area contributed by atoms with E-state index in [0.29, 0.717) is 16.5 Å². The molecule has 1 heterocycles. The fourth-order valence-corrected chi connectivity index (χ4v) is 3.40. The van der Waals surface area contributed by atoms with Crippen LogP contribution >= 0.6 is 11.6 Å². The Balaban J connectivity index is 1.70. The molecule has 4 rings (SSSR count).